The predicted octanol–water partition coefficient (Wildman–Crippen LogP) is 5.68. The number of hydrogen-bond donors (Lipinski definition) is 4. The van der Waals surface area contributed by atoms with Crippen LogP contribution in [0.25, 0.3) is 10.8 Å². The fraction of sp³-hybridized carbons (Fsp3) is 0.367. The molecular weight excluding hydrogens is 514 g/mol. The second-order valence-corrected chi connectivity index (χ2v) is 10.8. The van der Waals surface area contributed by atoms with Crippen LogP contribution in [0.2, 0.25) is 0 Å². The molecule has 0 aliphatic rings. The normalized spacial score (nSPS) is 13.7. The number of amides is 3. The Morgan fingerprint density at radius 1 is 1.00 bits per heavy atom. The molecule has 0 saturated heterocycles. The Balaban J connectivity index is 2.00. The Bertz CT molecular complexity index is 1310. The van der Waals surface area contributed by atoms with Gasteiger partial charge < -0.3 is 25.4 Å². The lowest BCUT2D eigenvalue weighted by Gasteiger charge is -2.38. The molecule has 0 bridgehead atoms. The zero-order chi connectivity index (χ0) is 28.7. The number of alkyl carbamates (subject to hydrolysis) is 1. The van der Waals surface area contributed by atoms with Crippen LogP contribution in [0.3, 0.4) is 0 Å². The molecular formula is C30H37N3O5S. The number of carbonyl (C=O) groups excluding carboxylic acids is 3. The largest absolute Gasteiger partial charge is 0.508 e. The molecule has 8 nitrogen and oxygen atoms in total. The van der Waals surface area contributed by atoms with E-state index in [1.165, 1.54) is 17.0 Å². The van der Waals surface area contributed by atoms with Gasteiger partial charge in [-0.15, -0.1) is 0 Å². The van der Waals surface area contributed by atoms with Gasteiger partial charge in [-0.05, 0) is 74.7 Å². The first-order chi connectivity index (χ1) is 18.4. The number of thiol groups is 1. The molecule has 0 heterocycles. The van der Waals surface area contributed by atoms with Crippen molar-refractivity contribution in [3.05, 3.63) is 72.3 Å². The first-order valence-electron chi connectivity index (χ1n) is 12.9. The van der Waals surface area contributed by atoms with Crippen molar-refractivity contribution in [2.24, 2.45) is 0 Å². The highest BCUT2D eigenvalue weighted by atomic mass is 32.1. The van der Waals surface area contributed by atoms with Crippen LogP contribution in [0.4, 0.5) is 10.5 Å². The summed E-state index contributed by atoms with van der Waals surface area (Å²) in [4.78, 5) is 41.9. The van der Waals surface area contributed by atoms with Gasteiger partial charge in [0.05, 0.1) is 0 Å². The summed E-state index contributed by atoms with van der Waals surface area (Å²) in [6.07, 6.45) is -0.198. The Labute approximate surface area is 235 Å². The van der Waals surface area contributed by atoms with Crippen LogP contribution in [0, 0.1) is 0 Å². The summed E-state index contributed by atoms with van der Waals surface area (Å²) in [5, 5.41) is 17.4. The average Bonchev–Trinajstić information content (AvgIpc) is 2.89. The molecule has 0 spiro atoms. The first kappa shape index (κ1) is 29.8. The molecule has 3 aromatic carbocycles. The van der Waals surface area contributed by atoms with E-state index in [4.69, 9.17) is 4.74 Å². The lowest BCUT2D eigenvalue weighted by atomic mass is 9.99. The van der Waals surface area contributed by atoms with Crippen LogP contribution >= 0.6 is 12.6 Å². The van der Waals surface area contributed by atoms with Crippen LogP contribution in [0.15, 0.2) is 66.7 Å². The fourth-order valence-electron chi connectivity index (χ4n) is 4.18. The highest BCUT2D eigenvalue weighted by Gasteiger charge is 2.38. The van der Waals surface area contributed by atoms with E-state index in [-0.39, 0.29) is 17.5 Å². The zero-order valence-electron chi connectivity index (χ0n) is 23.0. The molecule has 3 atom stereocenters. The van der Waals surface area contributed by atoms with Crippen molar-refractivity contribution < 1.29 is 24.2 Å². The predicted molar refractivity (Wildman–Crippen MR) is 157 cm³/mol. The van der Waals surface area contributed by atoms with Gasteiger partial charge in [0.25, 0.3) is 5.91 Å². The molecule has 0 radical (unpaired) electrons. The standard InChI is InChI=1S/C30H37N3O5S/c1-6-19(2)33(28(36)25(18-39)32-29(37)38-30(3,4)5)26(21-12-15-24(34)16-13-21)27(35)31-23-14-11-20-9-7-8-10-22(20)17-23/h7-17,19,25-26,34,39H,6,18H2,1-5H3,(H,31,35)(H,32,37). The van der Waals surface area contributed by atoms with Crippen molar-refractivity contribution in [3.8, 4) is 5.75 Å². The number of nitrogens with one attached hydrogen (secondary N) is 2. The van der Waals surface area contributed by atoms with Crippen LogP contribution in [0.1, 0.15) is 52.6 Å². The molecule has 9 heteroatoms. The summed E-state index contributed by atoms with van der Waals surface area (Å²) in [5.41, 5.74) is 0.338. The van der Waals surface area contributed by atoms with Crippen LogP contribution in [-0.2, 0) is 14.3 Å². The Hall–Kier alpha value is -3.72. The van der Waals surface area contributed by atoms with Gasteiger partial charge in [0.1, 0.15) is 23.4 Å². The highest BCUT2D eigenvalue weighted by molar-refractivity contribution is 7.80. The lowest BCUT2D eigenvalue weighted by molar-refractivity contribution is -0.142. The highest BCUT2D eigenvalue weighted by Crippen LogP contribution is 2.29. The maximum atomic E-state index is 14.0. The number of aromatic hydroxyl groups is 1. The number of ether oxygens (including phenoxy) is 1. The summed E-state index contributed by atoms with van der Waals surface area (Å²) in [5.74, 6) is -0.870. The molecule has 0 aromatic heterocycles. The number of benzene rings is 3. The summed E-state index contributed by atoms with van der Waals surface area (Å²) in [7, 11) is 0. The van der Waals surface area contributed by atoms with E-state index in [9.17, 15) is 19.5 Å². The molecule has 3 unspecified atom stereocenters. The van der Waals surface area contributed by atoms with Gasteiger partial charge in [-0.25, -0.2) is 4.79 Å². The summed E-state index contributed by atoms with van der Waals surface area (Å²) in [6, 6.07) is 17.1. The maximum absolute atomic E-state index is 14.0. The number of nitrogens with zero attached hydrogens (tertiary/aromatic N) is 1. The van der Waals surface area contributed by atoms with Gasteiger partial charge in [0.15, 0.2) is 0 Å². The van der Waals surface area contributed by atoms with Crippen molar-refractivity contribution in [1.82, 2.24) is 10.2 Å². The quantitative estimate of drug-likeness (QED) is 0.256. The third-order valence-corrected chi connectivity index (χ3v) is 6.61. The molecule has 0 aliphatic heterocycles. The monoisotopic (exact) mass is 551 g/mol. The summed E-state index contributed by atoms with van der Waals surface area (Å²) in [6.45, 7) is 8.95. The minimum atomic E-state index is -1.05. The number of phenolic OH excluding ortho intramolecular Hbond substituents is 1. The molecule has 3 rings (SSSR count). The van der Waals surface area contributed by atoms with Crippen molar-refractivity contribution >= 4 is 47.0 Å². The first-order valence-corrected chi connectivity index (χ1v) is 13.6. The number of anilines is 1. The third-order valence-electron chi connectivity index (χ3n) is 6.24. The number of hydrogen-bond acceptors (Lipinski definition) is 6. The number of phenols is 1. The smallest absolute Gasteiger partial charge is 0.408 e. The molecule has 0 fully saturated rings. The Morgan fingerprint density at radius 3 is 2.23 bits per heavy atom. The van der Waals surface area contributed by atoms with E-state index in [2.05, 4.69) is 23.3 Å². The maximum Gasteiger partial charge on any atom is 0.408 e. The molecule has 0 saturated carbocycles. The molecule has 3 amide bonds. The van der Waals surface area contributed by atoms with Crippen LogP contribution in [-0.4, -0.2) is 51.4 Å². The summed E-state index contributed by atoms with van der Waals surface area (Å²) >= 11 is 4.32. The van der Waals surface area contributed by atoms with Gasteiger partial charge in [-0.3, -0.25) is 9.59 Å². The van der Waals surface area contributed by atoms with Crippen molar-refractivity contribution in [2.45, 2.75) is 64.8 Å². The molecule has 3 aromatic rings. The second-order valence-electron chi connectivity index (χ2n) is 10.4. The van der Waals surface area contributed by atoms with E-state index in [0.717, 1.165) is 10.8 Å². The average molecular weight is 552 g/mol. The topological polar surface area (TPSA) is 108 Å². The van der Waals surface area contributed by atoms with E-state index < -0.39 is 35.6 Å². The summed E-state index contributed by atoms with van der Waals surface area (Å²) < 4.78 is 5.34. The van der Waals surface area contributed by atoms with Crippen molar-refractivity contribution in [1.29, 1.82) is 0 Å². The number of fused-ring (bicyclic) bond motifs is 1. The Kier molecular flexibility index (Phi) is 9.86. The van der Waals surface area contributed by atoms with Crippen LogP contribution in [0.5, 0.6) is 5.75 Å². The molecule has 39 heavy (non-hydrogen) atoms. The van der Waals surface area contributed by atoms with Gasteiger partial charge in [-0.2, -0.15) is 12.6 Å². The zero-order valence-corrected chi connectivity index (χ0v) is 23.9. The Morgan fingerprint density at radius 2 is 1.64 bits per heavy atom. The van der Waals surface area contributed by atoms with Gasteiger partial charge >= 0.3 is 6.09 Å². The van der Waals surface area contributed by atoms with Crippen LogP contribution < -0.4 is 10.6 Å². The van der Waals surface area contributed by atoms with Gasteiger partial charge in [0, 0.05) is 17.5 Å². The fourth-order valence-corrected chi connectivity index (χ4v) is 4.43. The minimum absolute atomic E-state index is 0.000395. The van der Waals surface area contributed by atoms with Gasteiger partial charge in [-0.1, -0.05) is 49.4 Å². The van der Waals surface area contributed by atoms with Gasteiger partial charge in [0.2, 0.25) is 5.91 Å². The SMILES string of the molecule is CCC(C)N(C(=O)C(CS)NC(=O)OC(C)(C)C)C(C(=O)Nc1ccc2ccccc2c1)c1ccc(O)cc1. The number of rotatable bonds is 9. The van der Waals surface area contributed by atoms with E-state index in [1.807, 2.05) is 56.3 Å². The number of carbonyl (C=O) groups is 3. The molecule has 208 valence electrons. The van der Waals surface area contributed by atoms with E-state index in [0.29, 0.717) is 17.7 Å². The molecule has 3 N–H and O–H groups in total. The van der Waals surface area contributed by atoms with Crippen molar-refractivity contribution in [3.63, 3.8) is 0 Å². The lowest BCUT2D eigenvalue weighted by Crippen LogP contribution is -2.55. The minimum Gasteiger partial charge on any atom is -0.508 e. The second kappa shape index (κ2) is 12.9. The van der Waals surface area contributed by atoms with E-state index >= 15 is 0 Å². The van der Waals surface area contributed by atoms with Crippen molar-refractivity contribution in [2.75, 3.05) is 11.1 Å². The third kappa shape index (κ3) is 7.89. The van der Waals surface area contributed by atoms with E-state index in [1.54, 1.807) is 32.9 Å². The molecule has 0 aliphatic carbocycles.